The maximum atomic E-state index is 11.9. The quantitative estimate of drug-likeness (QED) is 0.623. The lowest BCUT2D eigenvalue weighted by atomic mass is 9.92. The summed E-state index contributed by atoms with van der Waals surface area (Å²) in [7, 11) is 1.29. The third-order valence-corrected chi connectivity index (χ3v) is 4.54. The van der Waals surface area contributed by atoms with Crippen LogP contribution < -0.4 is 0 Å². The topological polar surface area (TPSA) is 46.5 Å². The Balaban J connectivity index is 2.41. The fourth-order valence-corrected chi connectivity index (χ4v) is 3.16. The Morgan fingerprint density at radius 3 is 2.61 bits per heavy atom. The molecule has 0 heterocycles. The van der Waals surface area contributed by atoms with Gasteiger partial charge in [0.25, 0.3) is 0 Å². The molecule has 1 atom stereocenters. The summed E-state index contributed by atoms with van der Waals surface area (Å²) in [5.74, 6) is -0.639. The first-order valence-corrected chi connectivity index (χ1v) is 7.96. The Bertz CT molecular complexity index is 741. The molecule has 0 fully saturated rings. The van der Waals surface area contributed by atoms with Gasteiger partial charge in [-0.25, -0.2) is 4.79 Å². The highest BCUT2D eigenvalue weighted by Gasteiger charge is 2.21. The minimum Gasteiger partial charge on any atom is -0.507 e. The van der Waals surface area contributed by atoms with Gasteiger partial charge in [-0.3, -0.25) is 0 Å². The lowest BCUT2D eigenvalue weighted by Gasteiger charge is -2.18. The lowest BCUT2D eigenvalue weighted by molar-refractivity contribution is 0.0596. The van der Waals surface area contributed by atoms with Crippen LogP contribution >= 0.6 is 23.2 Å². The molecule has 0 amide bonds. The summed E-state index contributed by atoms with van der Waals surface area (Å²) in [6, 6.07) is 8.95. The number of halogens is 2. The van der Waals surface area contributed by atoms with Gasteiger partial charge in [0, 0.05) is 5.02 Å². The van der Waals surface area contributed by atoms with Crippen molar-refractivity contribution in [3.05, 3.63) is 63.2 Å². The zero-order chi connectivity index (χ0) is 17.1. The van der Waals surface area contributed by atoms with Crippen molar-refractivity contribution in [3.63, 3.8) is 0 Å². The van der Waals surface area contributed by atoms with Gasteiger partial charge in [-0.15, -0.1) is 11.6 Å². The maximum Gasteiger partial charge on any atom is 0.341 e. The van der Waals surface area contributed by atoms with Crippen LogP contribution in [0.15, 0.2) is 30.3 Å². The van der Waals surface area contributed by atoms with Crippen LogP contribution in [0.2, 0.25) is 5.02 Å². The fraction of sp³-hybridized carbons (Fsp3) is 0.278. The van der Waals surface area contributed by atoms with E-state index in [4.69, 9.17) is 27.9 Å². The van der Waals surface area contributed by atoms with E-state index in [2.05, 4.69) is 0 Å². The first-order chi connectivity index (χ1) is 10.8. The molecular formula is C18H18Cl2O3. The van der Waals surface area contributed by atoms with E-state index in [-0.39, 0.29) is 16.7 Å². The van der Waals surface area contributed by atoms with Crippen molar-refractivity contribution in [2.75, 3.05) is 7.11 Å². The Morgan fingerprint density at radius 1 is 1.30 bits per heavy atom. The first kappa shape index (κ1) is 17.6. The van der Waals surface area contributed by atoms with Crippen molar-refractivity contribution in [1.82, 2.24) is 0 Å². The van der Waals surface area contributed by atoms with Crippen LogP contribution in [0.4, 0.5) is 0 Å². The molecule has 3 nitrogen and oxygen atoms in total. The van der Waals surface area contributed by atoms with Crippen LogP contribution in [0.3, 0.4) is 0 Å². The van der Waals surface area contributed by atoms with Gasteiger partial charge in [-0.05, 0) is 60.7 Å². The summed E-state index contributed by atoms with van der Waals surface area (Å²) in [6.07, 6.45) is 0.518. The van der Waals surface area contributed by atoms with Gasteiger partial charge in [0.2, 0.25) is 0 Å². The summed E-state index contributed by atoms with van der Waals surface area (Å²) in [5, 5.41) is 10.4. The average Bonchev–Trinajstić information content (AvgIpc) is 2.50. The minimum absolute atomic E-state index is 0.0792. The molecule has 2 rings (SSSR count). The third kappa shape index (κ3) is 3.80. The van der Waals surface area contributed by atoms with E-state index in [1.54, 1.807) is 19.1 Å². The van der Waals surface area contributed by atoms with E-state index in [1.807, 2.05) is 25.1 Å². The number of methoxy groups -OCH3 is 1. The average molecular weight is 353 g/mol. The molecule has 0 saturated heterocycles. The van der Waals surface area contributed by atoms with E-state index >= 15 is 0 Å². The first-order valence-electron chi connectivity index (χ1n) is 7.15. The van der Waals surface area contributed by atoms with E-state index in [0.29, 0.717) is 17.0 Å². The Labute approximate surface area is 145 Å². The fourth-order valence-electron chi connectivity index (χ4n) is 2.68. The Kier molecular flexibility index (Phi) is 5.55. The second-order valence-corrected chi connectivity index (χ2v) is 6.37. The molecule has 0 aliphatic rings. The molecule has 0 bridgehead atoms. The number of phenols is 1. The largest absolute Gasteiger partial charge is 0.507 e. The summed E-state index contributed by atoms with van der Waals surface area (Å²) >= 11 is 12.5. The van der Waals surface area contributed by atoms with Crippen molar-refractivity contribution < 1.29 is 14.6 Å². The monoisotopic (exact) mass is 352 g/mol. The van der Waals surface area contributed by atoms with Gasteiger partial charge in [0.05, 0.1) is 12.5 Å². The lowest BCUT2D eigenvalue weighted by Crippen LogP contribution is -2.09. The number of carbonyl (C=O) groups excluding carboxylic acids is 1. The maximum absolute atomic E-state index is 11.9. The highest BCUT2D eigenvalue weighted by molar-refractivity contribution is 6.30. The molecule has 0 aliphatic carbocycles. The number of phenolic OH excluding ortho intramolecular Hbond substituents is 1. The molecule has 0 saturated carbocycles. The number of hydrogen-bond donors (Lipinski definition) is 1. The predicted octanol–water partition coefficient (Wildman–Crippen LogP) is 4.97. The summed E-state index contributed by atoms with van der Waals surface area (Å²) in [6.45, 7) is 3.67. The zero-order valence-electron chi connectivity index (χ0n) is 13.2. The normalized spacial score (nSPS) is 12.0. The molecule has 0 radical (unpaired) electrons. The van der Waals surface area contributed by atoms with E-state index in [0.717, 1.165) is 16.7 Å². The number of hydrogen-bond acceptors (Lipinski definition) is 3. The second kappa shape index (κ2) is 7.24. The number of rotatable bonds is 4. The Hall–Kier alpha value is -1.71. The molecule has 0 aromatic heterocycles. The number of aryl methyl sites for hydroxylation is 1. The van der Waals surface area contributed by atoms with Gasteiger partial charge in [0.15, 0.2) is 0 Å². The summed E-state index contributed by atoms with van der Waals surface area (Å²) in [4.78, 5) is 11.9. The number of esters is 1. The highest BCUT2D eigenvalue weighted by atomic mass is 35.5. The molecule has 23 heavy (non-hydrogen) atoms. The molecule has 0 aliphatic heterocycles. The van der Waals surface area contributed by atoms with Gasteiger partial charge in [-0.2, -0.15) is 0 Å². The minimum atomic E-state index is -0.560. The van der Waals surface area contributed by atoms with Gasteiger partial charge in [-0.1, -0.05) is 23.7 Å². The molecule has 2 aromatic carbocycles. The van der Waals surface area contributed by atoms with Crippen LogP contribution in [-0.4, -0.2) is 18.2 Å². The van der Waals surface area contributed by atoms with Gasteiger partial charge >= 0.3 is 5.97 Å². The molecule has 122 valence electrons. The van der Waals surface area contributed by atoms with Gasteiger partial charge in [0.1, 0.15) is 11.3 Å². The van der Waals surface area contributed by atoms with Crippen LogP contribution in [0.5, 0.6) is 5.75 Å². The zero-order valence-corrected chi connectivity index (χ0v) is 14.7. The van der Waals surface area contributed by atoms with Crippen molar-refractivity contribution in [1.29, 1.82) is 0 Å². The summed E-state index contributed by atoms with van der Waals surface area (Å²) in [5.41, 5.74) is 3.57. The number of aromatic hydroxyl groups is 1. The number of alkyl halides is 1. The van der Waals surface area contributed by atoms with E-state index < -0.39 is 5.97 Å². The van der Waals surface area contributed by atoms with Gasteiger partial charge < -0.3 is 9.84 Å². The van der Waals surface area contributed by atoms with E-state index in [1.165, 1.54) is 7.11 Å². The van der Waals surface area contributed by atoms with Crippen LogP contribution in [0, 0.1) is 13.8 Å². The van der Waals surface area contributed by atoms with Crippen LogP contribution in [-0.2, 0) is 11.2 Å². The smallest absolute Gasteiger partial charge is 0.341 e. The molecule has 5 heteroatoms. The standard InChI is InChI=1S/C18H18Cl2O3/c1-10-7-16(21)17(18(22)23-3)11(2)14(10)9-15(20)12-5-4-6-13(19)8-12/h4-8,15,21H,9H2,1-3H3. The number of carbonyl (C=O) groups is 1. The van der Waals surface area contributed by atoms with Crippen molar-refractivity contribution in [3.8, 4) is 5.75 Å². The summed E-state index contributed by atoms with van der Waals surface area (Å²) < 4.78 is 4.75. The third-order valence-electron chi connectivity index (χ3n) is 3.90. The van der Waals surface area contributed by atoms with Crippen molar-refractivity contribution >= 4 is 29.2 Å². The number of benzene rings is 2. The number of ether oxygens (including phenoxy) is 1. The molecule has 0 spiro atoms. The molecule has 1 unspecified atom stereocenters. The molecular weight excluding hydrogens is 335 g/mol. The Morgan fingerprint density at radius 2 is 2.00 bits per heavy atom. The predicted molar refractivity (Wildman–Crippen MR) is 92.7 cm³/mol. The highest BCUT2D eigenvalue weighted by Crippen LogP contribution is 2.33. The molecule has 1 N–H and O–H groups in total. The van der Waals surface area contributed by atoms with Crippen LogP contribution in [0.1, 0.15) is 38.0 Å². The van der Waals surface area contributed by atoms with Crippen molar-refractivity contribution in [2.24, 2.45) is 0 Å². The van der Waals surface area contributed by atoms with Crippen LogP contribution in [0.25, 0.3) is 0 Å². The SMILES string of the molecule is COC(=O)c1c(O)cc(C)c(CC(Cl)c2cccc(Cl)c2)c1C. The second-order valence-electron chi connectivity index (χ2n) is 5.41. The van der Waals surface area contributed by atoms with Crippen molar-refractivity contribution in [2.45, 2.75) is 25.6 Å². The van der Waals surface area contributed by atoms with E-state index in [9.17, 15) is 9.90 Å². The molecule has 2 aromatic rings.